The standard InChI is InChI=1S/C12H13N5O/c13-8-3-1-7(2-4-8)12(18)16-9-5-6-10(14)17-11(9)15/h1-6H,13H2,(H,16,18)(H4,14,15,17). The van der Waals surface area contributed by atoms with E-state index in [1.165, 1.54) is 0 Å². The number of anilines is 4. The quantitative estimate of drug-likeness (QED) is 0.588. The summed E-state index contributed by atoms with van der Waals surface area (Å²) in [6.45, 7) is 0. The van der Waals surface area contributed by atoms with Crippen LogP contribution in [0.1, 0.15) is 10.4 Å². The van der Waals surface area contributed by atoms with E-state index in [2.05, 4.69) is 10.3 Å². The Labute approximate surface area is 104 Å². The van der Waals surface area contributed by atoms with Crippen LogP contribution in [0, 0.1) is 0 Å². The number of nitrogens with one attached hydrogen (secondary N) is 1. The van der Waals surface area contributed by atoms with Crippen molar-refractivity contribution in [1.82, 2.24) is 4.98 Å². The third kappa shape index (κ3) is 2.49. The number of aromatic nitrogens is 1. The predicted molar refractivity (Wildman–Crippen MR) is 71.9 cm³/mol. The second-order valence-electron chi connectivity index (χ2n) is 3.75. The van der Waals surface area contributed by atoms with Crippen LogP contribution in [-0.2, 0) is 0 Å². The van der Waals surface area contributed by atoms with Crippen LogP contribution < -0.4 is 22.5 Å². The van der Waals surface area contributed by atoms with Crippen molar-refractivity contribution in [1.29, 1.82) is 0 Å². The number of benzene rings is 1. The monoisotopic (exact) mass is 243 g/mol. The average Bonchev–Trinajstić information content (AvgIpc) is 2.33. The number of amides is 1. The maximum absolute atomic E-state index is 11.9. The molecule has 1 aromatic heterocycles. The van der Waals surface area contributed by atoms with Crippen LogP contribution in [0.4, 0.5) is 23.0 Å². The Morgan fingerprint density at radius 3 is 2.28 bits per heavy atom. The van der Waals surface area contributed by atoms with E-state index in [-0.39, 0.29) is 11.7 Å². The zero-order chi connectivity index (χ0) is 13.1. The molecule has 0 saturated heterocycles. The molecule has 1 aromatic carbocycles. The number of carbonyl (C=O) groups is 1. The Hall–Kier alpha value is -2.76. The molecule has 7 N–H and O–H groups in total. The van der Waals surface area contributed by atoms with Crippen molar-refractivity contribution in [2.45, 2.75) is 0 Å². The zero-order valence-electron chi connectivity index (χ0n) is 9.55. The van der Waals surface area contributed by atoms with Gasteiger partial charge in [0, 0.05) is 11.3 Å². The van der Waals surface area contributed by atoms with Crippen molar-refractivity contribution in [2.75, 3.05) is 22.5 Å². The molecule has 6 nitrogen and oxygen atoms in total. The number of pyridine rings is 1. The second-order valence-corrected chi connectivity index (χ2v) is 3.75. The van der Waals surface area contributed by atoms with Gasteiger partial charge in [0.1, 0.15) is 11.6 Å². The molecule has 18 heavy (non-hydrogen) atoms. The van der Waals surface area contributed by atoms with Gasteiger partial charge in [-0.2, -0.15) is 0 Å². The number of nitrogen functional groups attached to an aromatic ring is 3. The van der Waals surface area contributed by atoms with Gasteiger partial charge in [-0.3, -0.25) is 4.79 Å². The fraction of sp³-hybridized carbons (Fsp3) is 0. The average molecular weight is 243 g/mol. The number of nitrogens with two attached hydrogens (primary N) is 3. The largest absolute Gasteiger partial charge is 0.399 e. The summed E-state index contributed by atoms with van der Waals surface area (Å²) in [5, 5.41) is 2.65. The lowest BCUT2D eigenvalue weighted by atomic mass is 10.2. The first-order valence-corrected chi connectivity index (χ1v) is 5.25. The molecule has 2 aromatic rings. The van der Waals surface area contributed by atoms with E-state index in [0.29, 0.717) is 22.8 Å². The molecule has 92 valence electrons. The minimum absolute atomic E-state index is 0.179. The van der Waals surface area contributed by atoms with Crippen molar-refractivity contribution in [3.05, 3.63) is 42.0 Å². The minimum atomic E-state index is -0.284. The lowest BCUT2D eigenvalue weighted by molar-refractivity contribution is 0.102. The van der Waals surface area contributed by atoms with Crippen LogP contribution in [0.3, 0.4) is 0 Å². The lowest BCUT2D eigenvalue weighted by Crippen LogP contribution is -2.14. The molecule has 0 radical (unpaired) electrons. The SMILES string of the molecule is Nc1ccc(C(=O)Nc2ccc(N)nc2N)cc1. The topological polar surface area (TPSA) is 120 Å². The van der Waals surface area contributed by atoms with E-state index >= 15 is 0 Å². The highest BCUT2D eigenvalue weighted by Crippen LogP contribution is 2.18. The molecule has 0 unspecified atom stereocenters. The molecule has 0 fully saturated rings. The van der Waals surface area contributed by atoms with E-state index < -0.39 is 0 Å². The number of hydrogen-bond acceptors (Lipinski definition) is 5. The fourth-order valence-corrected chi connectivity index (χ4v) is 1.43. The van der Waals surface area contributed by atoms with E-state index in [0.717, 1.165) is 0 Å². The first kappa shape index (κ1) is 11.7. The van der Waals surface area contributed by atoms with Gasteiger partial charge < -0.3 is 22.5 Å². The molecule has 6 heteroatoms. The Bertz CT molecular complexity index is 580. The van der Waals surface area contributed by atoms with Gasteiger partial charge in [0.2, 0.25) is 0 Å². The summed E-state index contributed by atoms with van der Waals surface area (Å²) in [7, 11) is 0. The summed E-state index contributed by atoms with van der Waals surface area (Å²) in [5.41, 5.74) is 18.2. The van der Waals surface area contributed by atoms with Gasteiger partial charge in [0.25, 0.3) is 5.91 Å². The van der Waals surface area contributed by atoms with Crippen LogP contribution in [0.5, 0.6) is 0 Å². The number of hydrogen-bond donors (Lipinski definition) is 4. The lowest BCUT2D eigenvalue weighted by Gasteiger charge is -2.08. The van der Waals surface area contributed by atoms with Crippen LogP contribution in [0.2, 0.25) is 0 Å². The fourth-order valence-electron chi connectivity index (χ4n) is 1.43. The molecule has 0 bridgehead atoms. The van der Waals surface area contributed by atoms with Gasteiger partial charge in [0.05, 0.1) is 5.69 Å². The van der Waals surface area contributed by atoms with Crippen molar-refractivity contribution < 1.29 is 4.79 Å². The van der Waals surface area contributed by atoms with E-state index in [1.807, 2.05) is 0 Å². The highest BCUT2D eigenvalue weighted by molar-refractivity contribution is 6.05. The van der Waals surface area contributed by atoms with Crippen molar-refractivity contribution in [2.24, 2.45) is 0 Å². The second kappa shape index (κ2) is 4.62. The van der Waals surface area contributed by atoms with Crippen LogP contribution in [0.15, 0.2) is 36.4 Å². The van der Waals surface area contributed by atoms with Crippen molar-refractivity contribution in [3.8, 4) is 0 Å². The van der Waals surface area contributed by atoms with Crippen molar-refractivity contribution in [3.63, 3.8) is 0 Å². The Balaban J connectivity index is 2.18. The highest BCUT2D eigenvalue weighted by Gasteiger charge is 2.08. The molecule has 0 atom stereocenters. The Morgan fingerprint density at radius 2 is 1.67 bits per heavy atom. The molecule has 0 aliphatic rings. The molecule has 0 saturated carbocycles. The van der Waals surface area contributed by atoms with E-state index in [9.17, 15) is 4.79 Å². The summed E-state index contributed by atoms with van der Waals surface area (Å²) in [6.07, 6.45) is 0. The van der Waals surface area contributed by atoms with Crippen LogP contribution in [-0.4, -0.2) is 10.9 Å². The van der Waals surface area contributed by atoms with Gasteiger partial charge in [-0.25, -0.2) is 4.98 Å². The molecular weight excluding hydrogens is 230 g/mol. The van der Waals surface area contributed by atoms with Crippen molar-refractivity contribution >= 4 is 28.9 Å². The number of nitrogens with zero attached hydrogens (tertiary/aromatic N) is 1. The van der Waals surface area contributed by atoms with Gasteiger partial charge in [0.15, 0.2) is 0 Å². The van der Waals surface area contributed by atoms with E-state index in [4.69, 9.17) is 17.2 Å². The molecule has 1 heterocycles. The van der Waals surface area contributed by atoms with Crippen LogP contribution >= 0.6 is 0 Å². The summed E-state index contributed by atoms with van der Waals surface area (Å²) in [4.78, 5) is 15.8. The Morgan fingerprint density at radius 1 is 1.00 bits per heavy atom. The summed E-state index contributed by atoms with van der Waals surface area (Å²) < 4.78 is 0. The maximum Gasteiger partial charge on any atom is 0.255 e. The van der Waals surface area contributed by atoms with Gasteiger partial charge in [-0.05, 0) is 36.4 Å². The third-order valence-corrected chi connectivity index (χ3v) is 2.37. The predicted octanol–water partition coefficient (Wildman–Crippen LogP) is 1.08. The maximum atomic E-state index is 11.9. The molecule has 1 amide bonds. The highest BCUT2D eigenvalue weighted by atomic mass is 16.1. The molecular formula is C12H13N5O. The molecule has 0 spiro atoms. The normalized spacial score (nSPS) is 10.0. The molecule has 0 aliphatic carbocycles. The number of rotatable bonds is 2. The van der Waals surface area contributed by atoms with Gasteiger partial charge >= 0.3 is 0 Å². The molecule has 2 rings (SSSR count). The minimum Gasteiger partial charge on any atom is -0.399 e. The summed E-state index contributed by atoms with van der Waals surface area (Å²) in [5.74, 6) is 0.199. The Kier molecular flexibility index (Phi) is 3.01. The third-order valence-electron chi connectivity index (χ3n) is 2.37. The van der Waals surface area contributed by atoms with Gasteiger partial charge in [-0.15, -0.1) is 0 Å². The smallest absolute Gasteiger partial charge is 0.255 e. The van der Waals surface area contributed by atoms with E-state index in [1.54, 1.807) is 36.4 Å². The first-order chi connectivity index (χ1) is 8.56. The number of carbonyl (C=O) groups excluding carboxylic acids is 1. The summed E-state index contributed by atoms with van der Waals surface area (Å²) >= 11 is 0. The molecule has 0 aliphatic heterocycles. The first-order valence-electron chi connectivity index (χ1n) is 5.25. The summed E-state index contributed by atoms with van der Waals surface area (Å²) in [6, 6.07) is 9.73. The van der Waals surface area contributed by atoms with Gasteiger partial charge in [-0.1, -0.05) is 0 Å². The van der Waals surface area contributed by atoms with Crippen LogP contribution in [0.25, 0.3) is 0 Å². The zero-order valence-corrected chi connectivity index (χ0v) is 9.55.